The molecule has 0 radical (unpaired) electrons. The Labute approximate surface area is 118 Å². The van der Waals surface area contributed by atoms with E-state index in [1.54, 1.807) is 12.1 Å². The highest BCUT2D eigenvalue weighted by molar-refractivity contribution is 5.87. The zero-order valence-corrected chi connectivity index (χ0v) is 11.1. The molecule has 0 spiro atoms. The van der Waals surface area contributed by atoms with Crippen LogP contribution in [-0.2, 0) is 6.54 Å². The van der Waals surface area contributed by atoms with Crippen molar-refractivity contribution < 1.29 is 14.6 Å². The van der Waals surface area contributed by atoms with Crippen LogP contribution < -0.4 is 10.1 Å². The number of hydrogen-bond acceptors (Lipinski definition) is 3. The monoisotopic (exact) mass is 271 g/mol. The third-order valence-electron chi connectivity index (χ3n) is 2.82. The van der Waals surface area contributed by atoms with Crippen molar-refractivity contribution in [1.29, 1.82) is 0 Å². The lowest BCUT2D eigenvalue weighted by Gasteiger charge is -2.08. The number of aromatic carboxylic acids is 1. The van der Waals surface area contributed by atoms with Crippen LogP contribution in [0.4, 0.5) is 0 Å². The summed E-state index contributed by atoms with van der Waals surface area (Å²) in [4.78, 5) is 10.7. The maximum Gasteiger partial charge on any atom is 0.335 e. The van der Waals surface area contributed by atoms with Gasteiger partial charge in [-0.1, -0.05) is 30.3 Å². The minimum Gasteiger partial charge on any atom is -0.492 e. The molecule has 0 aromatic heterocycles. The average Bonchev–Trinajstić information content (AvgIpc) is 2.48. The number of rotatable bonds is 7. The van der Waals surface area contributed by atoms with Crippen molar-refractivity contribution in [2.45, 2.75) is 6.54 Å². The molecule has 4 heteroatoms. The van der Waals surface area contributed by atoms with Gasteiger partial charge in [-0.15, -0.1) is 0 Å². The number of carbonyl (C=O) groups is 1. The molecule has 0 aliphatic carbocycles. The quantitative estimate of drug-likeness (QED) is 0.760. The normalized spacial score (nSPS) is 10.2. The zero-order chi connectivity index (χ0) is 14.2. The van der Waals surface area contributed by atoms with Crippen molar-refractivity contribution in [1.82, 2.24) is 5.32 Å². The molecule has 4 nitrogen and oxygen atoms in total. The van der Waals surface area contributed by atoms with Crippen LogP contribution in [0, 0.1) is 0 Å². The lowest BCUT2D eigenvalue weighted by atomic mass is 10.2. The van der Waals surface area contributed by atoms with E-state index in [1.165, 1.54) is 17.7 Å². The van der Waals surface area contributed by atoms with Crippen LogP contribution in [0.2, 0.25) is 0 Å². The topological polar surface area (TPSA) is 58.6 Å². The van der Waals surface area contributed by atoms with E-state index >= 15 is 0 Å². The highest BCUT2D eigenvalue weighted by atomic mass is 16.5. The van der Waals surface area contributed by atoms with Gasteiger partial charge in [0.1, 0.15) is 12.4 Å². The average molecular weight is 271 g/mol. The molecule has 2 N–H and O–H groups in total. The predicted octanol–water partition coefficient (Wildman–Crippen LogP) is 2.55. The second kappa shape index (κ2) is 7.31. The van der Waals surface area contributed by atoms with Crippen molar-refractivity contribution in [2.24, 2.45) is 0 Å². The third-order valence-corrected chi connectivity index (χ3v) is 2.82. The molecule has 0 amide bonds. The van der Waals surface area contributed by atoms with Crippen molar-refractivity contribution in [3.8, 4) is 5.75 Å². The van der Waals surface area contributed by atoms with E-state index in [-0.39, 0.29) is 5.56 Å². The molecule has 2 rings (SSSR count). The van der Waals surface area contributed by atoms with Crippen LogP contribution in [0.25, 0.3) is 0 Å². The lowest BCUT2D eigenvalue weighted by molar-refractivity contribution is 0.0697. The first kappa shape index (κ1) is 14.1. The molecule has 0 saturated carbocycles. The smallest absolute Gasteiger partial charge is 0.335 e. The molecule has 20 heavy (non-hydrogen) atoms. The zero-order valence-electron chi connectivity index (χ0n) is 11.1. The molecule has 2 aromatic rings. The maximum absolute atomic E-state index is 10.7. The SMILES string of the molecule is O=C(O)c1ccc(OCCNCc2ccccc2)cc1. The summed E-state index contributed by atoms with van der Waals surface area (Å²) < 4.78 is 5.52. The van der Waals surface area contributed by atoms with Gasteiger partial charge in [0, 0.05) is 13.1 Å². The van der Waals surface area contributed by atoms with E-state index in [4.69, 9.17) is 9.84 Å². The van der Waals surface area contributed by atoms with Gasteiger partial charge in [-0.3, -0.25) is 0 Å². The minimum atomic E-state index is -0.930. The number of ether oxygens (including phenoxy) is 1. The highest BCUT2D eigenvalue weighted by Crippen LogP contribution is 2.11. The van der Waals surface area contributed by atoms with Gasteiger partial charge in [0.25, 0.3) is 0 Å². The summed E-state index contributed by atoms with van der Waals surface area (Å²) in [5.41, 5.74) is 1.50. The standard InChI is InChI=1S/C16H17NO3/c18-16(19)14-6-8-15(9-7-14)20-11-10-17-12-13-4-2-1-3-5-13/h1-9,17H,10-12H2,(H,18,19). The van der Waals surface area contributed by atoms with Gasteiger partial charge in [0.15, 0.2) is 0 Å². The van der Waals surface area contributed by atoms with Crippen molar-refractivity contribution >= 4 is 5.97 Å². The molecule has 0 atom stereocenters. The van der Waals surface area contributed by atoms with Gasteiger partial charge >= 0.3 is 5.97 Å². The van der Waals surface area contributed by atoms with Crippen LogP contribution in [-0.4, -0.2) is 24.2 Å². The van der Waals surface area contributed by atoms with Gasteiger partial charge < -0.3 is 15.2 Å². The first-order valence-corrected chi connectivity index (χ1v) is 6.46. The van der Waals surface area contributed by atoms with Crippen LogP contribution in [0.1, 0.15) is 15.9 Å². The molecule has 0 saturated heterocycles. The third kappa shape index (κ3) is 4.40. The van der Waals surface area contributed by atoms with Gasteiger partial charge in [0.2, 0.25) is 0 Å². The molecule has 104 valence electrons. The molecule has 2 aromatic carbocycles. The summed E-state index contributed by atoms with van der Waals surface area (Å²) >= 11 is 0. The van der Waals surface area contributed by atoms with Gasteiger partial charge in [0.05, 0.1) is 5.56 Å². The summed E-state index contributed by atoms with van der Waals surface area (Å²) in [6.45, 7) is 2.08. The van der Waals surface area contributed by atoms with Crippen LogP contribution in [0.15, 0.2) is 54.6 Å². The van der Waals surface area contributed by atoms with Crippen LogP contribution in [0.3, 0.4) is 0 Å². The minimum absolute atomic E-state index is 0.263. The molecule has 0 heterocycles. The van der Waals surface area contributed by atoms with E-state index in [2.05, 4.69) is 17.4 Å². The molecule has 0 aliphatic rings. The van der Waals surface area contributed by atoms with Crippen molar-refractivity contribution in [3.05, 3.63) is 65.7 Å². The molecule has 0 unspecified atom stereocenters. The Morgan fingerprint density at radius 1 is 1.05 bits per heavy atom. The van der Waals surface area contributed by atoms with Gasteiger partial charge in [-0.25, -0.2) is 4.79 Å². The van der Waals surface area contributed by atoms with Gasteiger partial charge in [-0.05, 0) is 29.8 Å². The first-order valence-electron chi connectivity index (χ1n) is 6.46. The summed E-state index contributed by atoms with van der Waals surface area (Å²) in [7, 11) is 0. The van der Waals surface area contributed by atoms with E-state index in [0.29, 0.717) is 12.4 Å². The second-order valence-corrected chi connectivity index (χ2v) is 4.34. The van der Waals surface area contributed by atoms with Crippen molar-refractivity contribution in [2.75, 3.05) is 13.2 Å². The van der Waals surface area contributed by atoms with Crippen molar-refractivity contribution in [3.63, 3.8) is 0 Å². The number of hydrogen-bond donors (Lipinski definition) is 2. The number of nitrogens with one attached hydrogen (secondary N) is 1. The Kier molecular flexibility index (Phi) is 5.15. The molecule has 0 aliphatic heterocycles. The Balaban J connectivity index is 1.67. The Morgan fingerprint density at radius 3 is 2.40 bits per heavy atom. The highest BCUT2D eigenvalue weighted by Gasteiger charge is 2.01. The Bertz CT molecular complexity index is 537. The fourth-order valence-corrected chi connectivity index (χ4v) is 1.76. The number of carboxylic acid groups (broad SMARTS) is 1. The van der Waals surface area contributed by atoms with E-state index in [1.807, 2.05) is 18.2 Å². The van der Waals surface area contributed by atoms with Crippen LogP contribution in [0.5, 0.6) is 5.75 Å². The molecular formula is C16H17NO3. The van der Waals surface area contributed by atoms with Gasteiger partial charge in [-0.2, -0.15) is 0 Å². The number of carboxylic acids is 1. The summed E-state index contributed by atoms with van der Waals surface area (Å²) in [6.07, 6.45) is 0. The second-order valence-electron chi connectivity index (χ2n) is 4.34. The largest absolute Gasteiger partial charge is 0.492 e. The summed E-state index contributed by atoms with van der Waals surface area (Å²) in [5, 5.41) is 12.1. The predicted molar refractivity (Wildman–Crippen MR) is 77.0 cm³/mol. The number of benzene rings is 2. The Hall–Kier alpha value is -2.33. The fraction of sp³-hybridized carbons (Fsp3) is 0.188. The fourth-order valence-electron chi connectivity index (χ4n) is 1.76. The molecular weight excluding hydrogens is 254 g/mol. The first-order chi connectivity index (χ1) is 9.75. The Morgan fingerprint density at radius 2 is 1.75 bits per heavy atom. The summed E-state index contributed by atoms with van der Waals surface area (Å²) in [5.74, 6) is -0.252. The van der Waals surface area contributed by atoms with Crippen LogP contribution >= 0.6 is 0 Å². The summed E-state index contributed by atoms with van der Waals surface area (Å²) in [6, 6.07) is 16.6. The van der Waals surface area contributed by atoms with E-state index < -0.39 is 5.97 Å². The maximum atomic E-state index is 10.7. The van der Waals surface area contributed by atoms with E-state index in [9.17, 15) is 4.79 Å². The molecule has 0 bridgehead atoms. The molecule has 0 fully saturated rings. The lowest BCUT2D eigenvalue weighted by Crippen LogP contribution is -2.20. The van der Waals surface area contributed by atoms with E-state index in [0.717, 1.165) is 13.1 Å².